The molecule has 2 rings (SSSR count). The molecule has 6 heteroatoms. The van der Waals surface area contributed by atoms with E-state index in [1.165, 1.54) is 0 Å². The van der Waals surface area contributed by atoms with Crippen molar-refractivity contribution in [2.24, 2.45) is 0 Å². The second kappa shape index (κ2) is 4.00. The minimum Gasteiger partial charge on any atom is -0.333 e. The first-order valence-electron chi connectivity index (χ1n) is 3.61. The van der Waals surface area contributed by atoms with Gasteiger partial charge in [-0.1, -0.05) is 27.5 Å². The first-order valence-corrected chi connectivity index (χ1v) is 5.58. The smallest absolute Gasteiger partial charge is 0.260 e. The molecule has 0 bridgehead atoms. The molecule has 1 aromatic carbocycles. The van der Waals surface area contributed by atoms with Crippen molar-refractivity contribution >= 4 is 43.5 Å². The number of halogens is 3. The predicted octanol–water partition coefficient (Wildman–Crippen LogP) is 3.92. The lowest BCUT2D eigenvalue weighted by Crippen LogP contribution is -1.79. The number of nitrogens with zero attached hydrogens (tertiary/aromatic N) is 2. The van der Waals surface area contributed by atoms with E-state index in [0.717, 1.165) is 4.47 Å². The summed E-state index contributed by atoms with van der Waals surface area (Å²) in [5.74, 6) is 0.398. The molecule has 0 radical (unpaired) electrons. The predicted molar refractivity (Wildman–Crippen MR) is 60.1 cm³/mol. The van der Waals surface area contributed by atoms with Gasteiger partial charge in [-0.25, -0.2) is 0 Å². The van der Waals surface area contributed by atoms with E-state index in [9.17, 15) is 0 Å². The third-order valence-corrected chi connectivity index (χ3v) is 2.69. The molecule has 0 saturated carbocycles. The van der Waals surface area contributed by atoms with Crippen LogP contribution >= 0.6 is 43.5 Å². The fourth-order valence-corrected chi connectivity index (χ4v) is 1.97. The minimum absolute atomic E-state index is 0.398. The third kappa shape index (κ3) is 1.99. The molecule has 0 N–H and O–H groups in total. The van der Waals surface area contributed by atoms with Crippen molar-refractivity contribution < 1.29 is 4.52 Å². The van der Waals surface area contributed by atoms with Crippen molar-refractivity contribution in [2.45, 2.75) is 0 Å². The van der Waals surface area contributed by atoms with Gasteiger partial charge < -0.3 is 4.52 Å². The maximum Gasteiger partial charge on any atom is 0.260 e. The number of aromatic nitrogens is 2. The van der Waals surface area contributed by atoms with Gasteiger partial charge in [0.1, 0.15) is 0 Å². The van der Waals surface area contributed by atoms with Crippen LogP contribution in [0.3, 0.4) is 0 Å². The SMILES string of the molecule is Clc1cc(Br)ccc1-c1nc(Br)no1. The van der Waals surface area contributed by atoms with E-state index >= 15 is 0 Å². The molecule has 0 fully saturated rings. The Kier molecular flexibility index (Phi) is 2.90. The number of hydrogen-bond acceptors (Lipinski definition) is 3. The normalized spacial score (nSPS) is 10.5. The molecule has 1 heterocycles. The first kappa shape index (κ1) is 10.1. The van der Waals surface area contributed by atoms with Gasteiger partial charge in [0.2, 0.25) is 4.73 Å². The summed E-state index contributed by atoms with van der Waals surface area (Å²) in [5, 5.41) is 4.18. The molecule has 0 saturated heterocycles. The van der Waals surface area contributed by atoms with Crippen molar-refractivity contribution in [1.29, 1.82) is 0 Å². The van der Waals surface area contributed by atoms with Crippen LogP contribution in [-0.2, 0) is 0 Å². The summed E-state index contributed by atoms with van der Waals surface area (Å²) in [6.07, 6.45) is 0. The van der Waals surface area contributed by atoms with Crippen molar-refractivity contribution in [3.8, 4) is 11.5 Å². The molecule has 72 valence electrons. The van der Waals surface area contributed by atoms with Crippen molar-refractivity contribution in [3.05, 3.63) is 32.4 Å². The Hall–Kier alpha value is -0.390. The fraction of sp³-hybridized carbons (Fsp3) is 0. The molecule has 0 aliphatic rings. The van der Waals surface area contributed by atoms with Crippen molar-refractivity contribution in [3.63, 3.8) is 0 Å². The molecule has 0 amide bonds. The topological polar surface area (TPSA) is 38.9 Å². The van der Waals surface area contributed by atoms with E-state index in [2.05, 4.69) is 42.0 Å². The first-order chi connectivity index (χ1) is 6.66. The maximum atomic E-state index is 6.00. The van der Waals surface area contributed by atoms with Gasteiger partial charge in [0.25, 0.3) is 5.89 Å². The van der Waals surface area contributed by atoms with E-state index in [1.54, 1.807) is 6.07 Å². The van der Waals surface area contributed by atoms with Gasteiger partial charge in [0, 0.05) is 4.47 Å². The van der Waals surface area contributed by atoms with Crippen molar-refractivity contribution in [2.75, 3.05) is 0 Å². The maximum absolute atomic E-state index is 6.00. The summed E-state index contributed by atoms with van der Waals surface area (Å²) in [6.45, 7) is 0. The standard InChI is InChI=1S/C8H3Br2ClN2O/c9-4-1-2-5(6(11)3-4)7-12-8(10)13-14-7/h1-3H. The van der Waals surface area contributed by atoms with Gasteiger partial charge >= 0.3 is 0 Å². The molecular weight excluding hydrogens is 335 g/mol. The summed E-state index contributed by atoms with van der Waals surface area (Å²) in [7, 11) is 0. The summed E-state index contributed by atoms with van der Waals surface area (Å²) in [5.41, 5.74) is 0.716. The zero-order valence-corrected chi connectivity index (χ0v) is 10.6. The van der Waals surface area contributed by atoms with E-state index in [1.807, 2.05) is 12.1 Å². The average Bonchev–Trinajstić information content (AvgIpc) is 2.51. The highest BCUT2D eigenvalue weighted by Crippen LogP contribution is 2.29. The molecule has 0 unspecified atom stereocenters. The molecule has 14 heavy (non-hydrogen) atoms. The van der Waals surface area contributed by atoms with Gasteiger partial charge in [0.05, 0.1) is 10.6 Å². The van der Waals surface area contributed by atoms with Crippen LogP contribution in [0.5, 0.6) is 0 Å². The van der Waals surface area contributed by atoms with Crippen LogP contribution in [0.1, 0.15) is 0 Å². The highest BCUT2D eigenvalue weighted by Gasteiger charge is 2.10. The van der Waals surface area contributed by atoms with Crippen LogP contribution in [-0.4, -0.2) is 10.1 Å². The molecule has 1 aromatic heterocycles. The van der Waals surface area contributed by atoms with Gasteiger partial charge in [-0.05, 0) is 39.3 Å². The van der Waals surface area contributed by atoms with Crippen LogP contribution in [0.15, 0.2) is 31.9 Å². The molecule has 3 nitrogen and oxygen atoms in total. The lowest BCUT2D eigenvalue weighted by atomic mass is 10.2. The monoisotopic (exact) mass is 336 g/mol. The lowest BCUT2D eigenvalue weighted by Gasteiger charge is -1.98. The van der Waals surface area contributed by atoms with E-state index in [0.29, 0.717) is 21.2 Å². The molecule has 0 atom stereocenters. The number of benzene rings is 1. The molecule has 2 aromatic rings. The van der Waals surface area contributed by atoms with Gasteiger partial charge in [-0.15, -0.1) is 0 Å². The van der Waals surface area contributed by atoms with Crippen LogP contribution in [0.2, 0.25) is 5.02 Å². The Morgan fingerprint density at radius 1 is 1.29 bits per heavy atom. The van der Waals surface area contributed by atoms with Gasteiger partial charge in [0.15, 0.2) is 0 Å². The highest BCUT2D eigenvalue weighted by atomic mass is 79.9. The van der Waals surface area contributed by atoms with Gasteiger partial charge in [-0.2, -0.15) is 4.98 Å². The highest BCUT2D eigenvalue weighted by molar-refractivity contribution is 9.10. The van der Waals surface area contributed by atoms with Crippen molar-refractivity contribution in [1.82, 2.24) is 10.1 Å². The molecule has 0 spiro atoms. The Balaban J connectivity index is 2.52. The lowest BCUT2D eigenvalue weighted by molar-refractivity contribution is 0.426. The zero-order chi connectivity index (χ0) is 10.1. The van der Waals surface area contributed by atoms with Gasteiger partial charge in [-0.3, -0.25) is 0 Å². The largest absolute Gasteiger partial charge is 0.333 e. The van der Waals surface area contributed by atoms with Crippen LogP contribution in [0, 0.1) is 0 Å². The minimum atomic E-state index is 0.398. The number of rotatable bonds is 1. The Labute approximate surface area is 102 Å². The quantitative estimate of drug-likeness (QED) is 0.791. The average molecular weight is 338 g/mol. The van der Waals surface area contributed by atoms with Crippen LogP contribution in [0.4, 0.5) is 0 Å². The molecular formula is C8H3Br2ClN2O. The summed E-state index contributed by atoms with van der Waals surface area (Å²) in [6, 6.07) is 5.45. The third-order valence-electron chi connectivity index (χ3n) is 1.56. The second-order valence-electron chi connectivity index (χ2n) is 2.49. The second-order valence-corrected chi connectivity index (χ2v) is 4.52. The van der Waals surface area contributed by atoms with E-state index in [-0.39, 0.29) is 0 Å². The van der Waals surface area contributed by atoms with Crippen LogP contribution < -0.4 is 0 Å². The summed E-state index contributed by atoms with van der Waals surface area (Å²) < 4.78 is 6.28. The van der Waals surface area contributed by atoms with E-state index < -0.39 is 0 Å². The Morgan fingerprint density at radius 2 is 2.07 bits per heavy atom. The Bertz CT molecular complexity index is 472. The zero-order valence-electron chi connectivity index (χ0n) is 6.67. The fourth-order valence-electron chi connectivity index (χ4n) is 0.978. The number of hydrogen-bond donors (Lipinski definition) is 0. The Morgan fingerprint density at radius 3 is 2.64 bits per heavy atom. The molecule has 0 aliphatic carbocycles. The van der Waals surface area contributed by atoms with E-state index in [4.69, 9.17) is 16.1 Å². The van der Waals surface area contributed by atoms with Crippen LogP contribution in [0.25, 0.3) is 11.5 Å². The molecule has 0 aliphatic heterocycles. The summed E-state index contributed by atoms with van der Waals surface area (Å²) in [4.78, 5) is 4.01. The summed E-state index contributed by atoms with van der Waals surface area (Å²) >= 11 is 12.4.